The molecule has 1 aliphatic heterocycles. The zero-order valence-electron chi connectivity index (χ0n) is 17.0. The third-order valence-corrected chi connectivity index (χ3v) is 7.22. The van der Waals surface area contributed by atoms with E-state index in [1.54, 1.807) is 7.05 Å². The van der Waals surface area contributed by atoms with Crippen LogP contribution in [0.15, 0.2) is 48.1 Å². The first-order chi connectivity index (χ1) is 15.5. The van der Waals surface area contributed by atoms with E-state index in [1.807, 2.05) is 0 Å². The second-order valence-corrected chi connectivity index (χ2v) is 9.77. The minimum atomic E-state index is -4.72. The lowest BCUT2D eigenvalue weighted by Gasteiger charge is -2.21. The lowest BCUT2D eigenvalue weighted by molar-refractivity contribution is -0.137. The fraction of sp³-hybridized carbons (Fsp3) is 0.316. The number of alkyl halides is 3. The minimum absolute atomic E-state index is 0.0151. The number of hydrogen-bond donors (Lipinski definition) is 1. The largest absolute Gasteiger partial charge is 0.418 e. The molecule has 0 bridgehead atoms. The number of imidazole rings is 1. The van der Waals surface area contributed by atoms with Crippen LogP contribution in [0.25, 0.3) is 0 Å². The molecule has 4 rings (SSSR count). The number of pyridine rings is 2. The predicted octanol–water partition coefficient (Wildman–Crippen LogP) is 3.29. The molecule has 1 N–H and O–H groups in total. The van der Waals surface area contributed by atoms with Crippen LogP contribution in [0.2, 0.25) is 5.02 Å². The van der Waals surface area contributed by atoms with E-state index < -0.39 is 44.6 Å². The highest BCUT2D eigenvalue weighted by atomic mass is 35.5. The number of nitrogens with one attached hydrogen (secondary N) is 1. The first kappa shape index (κ1) is 23.4. The zero-order valence-corrected chi connectivity index (χ0v) is 18.5. The lowest BCUT2D eigenvalue weighted by atomic mass is 9.98. The fourth-order valence-corrected chi connectivity index (χ4v) is 5.31. The SMILES string of the molecule is Cn1cnc(S(=O)(=O)N2CC(Nc3cc(C(F)(F)F)c(Cl)cn3)C(c3ncccc3F)C2)c1. The van der Waals surface area contributed by atoms with Crippen LogP contribution in [0.4, 0.5) is 23.4 Å². The zero-order chi connectivity index (χ0) is 24.0. The maximum absolute atomic E-state index is 14.5. The van der Waals surface area contributed by atoms with E-state index in [0.717, 1.165) is 16.6 Å². The molecule has 14 heteroatoms. The molecule has 1 aliphatic rings. The van der Waals surface area contributed by atoms with Crippen molar-refractivity contribution in [1.82, 2.24) is 23.8 Å². The smallest absolute Gasteiger partial charge is 0.365 e. The summed E-state index contributed by atoms with van der Waals surface area (Å²) in [4.78, 5) is 11.8. The molecule has 0 spiro atoms. The van der Waals surface area contributed by atoms with Crippen molar-refractivity contribution in [1.29, 1.82) is 0 Å². The lowest BCUT2D eigenvalue weighted by Crippen LogP contribution is -2.32. The molecule has 1 fully saturated rings. The van der Waals surface area contributed by atoms with Gasteiger partial charge in [-0.15, -0.1) is 0 Å². The molecule has 4 heterocycles. The van der Waals surface area contributed by atoms with E-state index in [4.69, 9.17) is 11.6 Å². The molecule has 0 radical (unpaired) electrons. The van der Waals surface area contributed by atoms with Crippen molar-refractivity contribution < 1.29 is 26.0 Å². The van der Waals surface area contributed by atoms with Crippen LogP contribution >= 0.6 is 11.6 Å². The Morgan fingerprint density at radius 3 is 2.61 bits per heavy atom. The number of hydrogen-bond acceptors (Lipinski definition) is 6. The van der Waals surface area contributed by atoms with Gasteiger partial charge in [-0.2, -0.15) is 17.5 Å². The predicted molar refractivity (Wildman–Crippen MR) is 111 cm³/mol. The number of halogens is 5. The summed E-state index contributed by atoms with van der Waals surface area (Å²) in [5.41, 5.74) is -1.11. The van der Waals surface area contributed by atoms with E-state index in [0.29, 0.717) is 0 Å². The summed E-state index contributed by atoms with van der Waals surface area (Å²) in [6.07, 6.45) is 0.134. The summed E-state index contributed by atoms with van der Waals surface area (Å²) in [6, 6.07) is 2.46. The molecule has 3 aromatic heterocycles. The quantitative estimate of drug-likeness (QED) is 0.536. The Kier molecular flexibility index (Phi) is 6.05. The number of nitrogens with zero attached hydrogens (tertiary/aromatic N) is 5. The highest BCUT2D eigenvalue weighted by Gasteiger charge is 2.43. The maximum Gasteiger partial charge on any atom is 0.418 e. The minimum Gasteiger partial charge on any atom is -0.365 e. The van der Waals surface area contributed by atoms with Gasteiger partial charge in [0.2, 0.25) is 0 Å². The first-order valence-electron chi connectivity index (χ1n) is 9.54. The Balaban J connectivity index is 1.69. The molecule has 2 unspecified atom stereocenters. The molecule has 33 heavy (non-hydrogen) atoms. The van der Waals surface area contributed by atoms with Gasteiger partial charge in [-0.3, -0.25) is 4.98 Å². The summed E-state index contributed by atoms with van der Waals surface area (Å²) in [7, 11) is -2.44. The maximum atomic E-state index is 14.5. The molecule has 0 amide bonds. The van der Waals surface area contributed by atoms with Gasteiger partial charge in [-0.05, 0) is 18.2 Å². The second-order valence-electron chi connectivity index (χ2n) is 7.47. The van der Waals surface area contributed by atoms with Crippen LogP contribution in [0.1, 0.15) is 17.2 Å². The van der Waals surface area contributed by atoms with Crippen molar-refractivity contribution in [2.45, 2.75) is 23.2 Å². The number of anilines is 1. The van der Waals surface area contributed by atoms with Crippen molar-refractivity contribution >= 4 is 27.4 Å². The summed E-state index contributed by atoms with van der Waals surface area (Å²) in [6.45, 7) is -0.338. The second kappa shape index (κ2) is 8.54. The average Bonchev–Trinajstić information content (AvgIpc) is 3.36. The van der Waals surface area contributed by atoms with Crippen molar-refractivity contribution in [2.75, 3.05) is 18.4 Å². The van der Waals surface area contributed by atoms with Gasteiger partial charge in [0.15, 0.2) is 5.03 Å². The molecular weight excluding hydrogens is 488 g/mol. The van der Waals surface area contributed by atoms with Gasteiger partial charge in [-0.1, -0.05) is 11.6 Å². The number of rotatable bonds is 5. The van der Waals surface area contributed by atoms with E-state index in [9.17, 15) is 26.0 Å². The molecule has 3 aromatic rings. The molecule has 1 saturated heterocycles. The van der Waals surface area contributed by atoms with Crippen molar-refractivity contribution in [3.63, 3.8) is 0 Å². The molecule has 0 saturated carbocycles. The third-order valence-electron chi connectivity index (χ3n) is 5.20. The van der Waals surface area contributed by atoms with E-state index in [1.165, 1.54) is 35.4 Å². The highest BCUT2D eigenvalue weighted by Crippen LogP contribution is 2.37. The monoisotopic (exact) mass is 504 g/mol. The Morgan fingerprint density at radius 2 is 1.97 bits per heavy atom. The molecule has 8 nitrogen and oxygen atoms in total. The standard InChI is InChI=1S/C19H17ClF4N6O2S/c1-29-9-17(27-10-29)33(31,32)30-7-11(18-14(21)3-2-4-25-18)15(8-30)28-16-5-12(19(22,23)24)13(20)6-26-16/h2-6,9-11,15H,7-8H2,1H3,(H,26,28). The van der Waals surface area contributed by atoms with E-state index >= 15 is 0 Å². The van der Waals surface area contributed by atoms with Crippen LogP contribution in [0, 0.1) is 5.82 Å². The summed E-state index contributed by atoms with van der Waals surface area (Å²) < 4.78 is 82.9. The Labute approximate surface area is 191 Å². The highest BCUT2D eigenvalue weighted by molar-refractivity contribution is 7.89. The van der Waals surface area contributed by atoms with E-state index in [2.05, 4.69) is 20.3 Å². The van der Waals surface area contributed by atoms with Crippen LogP contribution in [0.5, 0.6) is 0 Å². The molecule has 0 aromatic carbocycles. The first-order valence-corrected chi connectivity index (χ1v) is 11.4. The Bertz CT molecular complexity index is 1280. The van der Waals surface area contributed by atoms with Crippen molar-refractivity contribution in [2.24, 2.45) is 7.05 Å². The van der Waals surface area contributed by atoms with Gasteiger partial charge in [0, 0.05) is 44.6 Å². The van der Waals surface area contributed by atoms with E-state index in [-0.39, 0.29) is 29.6 Å². The Hall–Kier alpha value is -2.77. The molecule has 2 atom stereocenters. The summed E-state index contributed by atoms with van der Waals surface area (Å²) in [5.74, 6) is -1.65. The van der Waals surface area contributed by atoms with Crippen LogP contribution in [-0.2, 0) is 23.2 Å². The van der Waals surface area contributed by atoms with Gasteiger partial charge < -0.3 is 9.88 Å². The Morgan fingerprint density at radius 1 is 1.21 bits per heavy atom. The molecular formula is C19H17ClF4N6O2S. The number of aromatic nitrogens is 4. The van der Waals surface area contributed by atoms with Crippen molar-refractivity contribution in [3.8, 4) is 0 Å². The normalized spacial score (nSPS) is 19.7. The summed E-state index contributed by atoms with van der Waals surface area (Å²) >= 11 is 5.63. The third kappa shape index (κ3) is 4.66. The average molecular weight is 505 g/mol. The topological polar surface area (TPSA) is 93.0 Å². The summed E-state index contributed by atoms with van der Waals surface area (Å²) in [5, 5.41) is 2.03. The molecule has 0 aliphatic carbocycles. The van der Waals surface area contributed by atoms with Gasteiger partial charge in [0.25, 0.3) is 10.0 Å². The van der Waals surface area contributed by atoms with Gasteiger partial charge in [-0.25, -0.2) is 22.8 Å². The van der Waals surface area contributed by atoms with Crippen LogP contribution in [-0.4, -0.2) is 51.4 Å². The fourth-order valence-electron chi connectivity index (χ4n) is 3.64. The van der Waals surface area contributed by atoms with Gasteiger partial charge in [0.1, 0.15) is 11.6 Å². The van der Waals surface area contributed by atoms with Crippen LogP contribution in [0.3, 0.4) is 0 Å². The number of sulfonamides is 1. The van der Waals surface area contributed by atoms with Crippen LogP contribution < -0.4 is 5.32 Å². The van der Waals surface area contributed by atoms with Gasteiger partial charge >= 0.3 is 6.18 Å². The van der Waals surface area contributed by atoms with Gasteiger partial charge in [0.05, 0.1) is 28.6 Å². The molecule has 176 valence electrons. The van der Waals surface area contributed by atoms with Crippen molar-refractivity contribution in [3.05, 3.63) is 65.2 Å². The number of aryl methyl sites for hydroxylation is 1.